The molecule has 10 heteroatoms. The van der Waals surface area contributed by atoms with E-state index >= 15 is 0 Å². The lowest BCUT2D eigenvalue weighted by Crippen LogP contribution is -2.36. The average Bonchev–Trinajstić information content (AvgIpc) is 2.99. The minimum absolute atomic E-state index is 0.00106. The summed E-state index contributed by atoms with van der Waals surface area (Å²) in [5.74, 6) is -0.544. The van der Waals surface area contributed by atoms with Gasteiger partial charge in [0.1, 0.15) is 17.3 Å². The van der Waals surface area contributed by atoms with Gasteiger partial charge in [-0.3, -0.25) is 4.57 Å². The molecule has 3 rings (SSSR count). The van der Waals surface area contributed by atoms with Crippen LogP contribution >= 0.6 is 11.6 Å². The Morgan fingerprint density at radius 1 is 1.48 bits per heavy atom. The Bertz CT molecular complexity index is 859. The second-order valence-electron chi connectivity index (χ2n) is 7.08. The molecule has 0 unspecified atom stereocenters. The van der Waals surface area contributed by atoms with E-state index in [9.17, 15) is 14.0 Å². The Balaban J connectivity index is 1.78. The quantitative estimate of drug-likeness (QED) is 0.815. The SMILES string of the molecule is CC(C)(C)OC(=O)N1C[C@@H](Cn2c(=O)[nH]c3cnc(Cl)nc32)[C@H](F)C1. The molecule has 1 amide bonds. The van der Waals surface area contributed by atoms with E-state index in [1.807, 2.05) is 0 Å². The Kier molecular flexibility index (Phi) is 4.44. The number of hydrogen-bond donors (Lipinski definition) is 1. The zero-order valence-electron chi connectivity index (χ0n) is 14.1. The summed E-state index contributed by atoms with van der Waals surface area (Å²) in [6.07, 6.45) is -0.423. The van der Waals surface area contributed by atoms with Gasteiger partial charge in [0.15, 0.2) is 5.65 Å². The van der Waals surface area contributed by atoms with E-state index in [1.54, 1.807) is 20.8 Å². The largest absolute Gasteiger partial charge is 0.444 e. The van der Waals surface area contributed by atoms with E-state index in [2.05, 4.69) is 15.0 Å². The van der Waals surface area contributed by atoms with Crippen LogP contribution < -0.4 is 5.69 Å². The predicted molar refractivity (Wildman–Crippen MR) is 89.4 cm³/mol. The molecular formula is C15H19ClFN5O3. The molecule has 0 spiro atoms. The summed E-state index contributed by atoms with van der Waals surface area (Å²) in [7, 11) is 0. The maximum absolute atomic E-state index is 14.4. The second-order valence-corrected chi connectivity index (χ2v) is 7.42. The zero-order chi connectivity index (χ0) is 18.4. The van der Waals surface area contributed by atoms with Gasteiger partial charge in [0.2, 0.25) is 5.28 Å². The third-order valence-corrected chi connectivity index (χ3v) is 4.09. The number of carbonyl (C=O) groups is 1. The van der Waals surface area contributed by atoms with Crippen molar-refractivity contribution in [2.45, 2.75) is 39.1 Å². The highest BCUT2D eigenvalue weighted by Gasteiger charge is 2.38. The molecule has 2 aromatic heterocycles. The lowest BCUT2D eigenvalue weighted by atomic mass is 10.1. The van der Waals surface area contributed by atoms with E-state index in [0.717, 1.165) is 0 Å². The third kappa shape index (κ3) is 3.76. The van der Waals surface area contributed by atoms with Crippen LogP contribution in [0.4, 0.5) is 9.18 Å². The number of ether oxygens (including phenoxy) is 1. The number of halogens is 2. The van der Waals surface area contributed by atoms with Crippen molar-refractivity contribution in [3.63, 3.8) is 0 Å². The van der Waals surface area contributed by atoms with Gasteiger partial charge in [-0.1, -0.05) is 0 Å². The Morgan fingerprint density at radius 2 is 2.20 bits per heavy atom. The first-order chi connectivity index (χ1) is 11.6. The summed E-state index contributed by atoms with van der Waals surface area (Å²) >= 11 is 5.78. The van der Waals surface area contributed by atoms with Crippen molar-refractivity contribution in [3.05, 3.63) is 22.0 Å². The molecular weight excluding hydrogens is 353 g/mol. The molecule has 136 valence electrons. The van der Waals surface area contributed by atoms with Crippen molar-refractivity contribution in [3.8, 4) is 0 Å². The van der Waals surface area contributed by atoms with Gasteiger partial charge >= 0.3 is 11.8 Å². The van der Waals surface area contributed by atoms with Crippen LogP contribution in [0.25, 0.3) is 11.2 Å². The molecule has 8 nitrogen and oxygen atoms in total. The van der Waals surface area contributed by atoms with Crippen LogP contribution in [-0.4, -0.2) is 55.4 Å². The van der Waals surface area contributed by atoms with Gasteiger partial charge < -0.3 is 14.6 Å². The molecule has 2 aromatic rings. The number of rotatable bonds is 2. The lowest BCUT2D eigenvalue weighted by molar-refractivity contribution is 0.0280. The fourth-order valence-corrected chi connectivity index (χ4v) is 2.94. The van der Waals surface area contributed by atoms with Crippen molar-refractivity contribution in [1.29, 1.82) is 0 Å². The zero-order valence-corrected chi connectivity index (χ0v) is 14.9. The van der Waals surface area contributed by atoms with Crippen LogP contribution in [0.2, 0.25) is 5.28 Å². The molecule has 1 fully saturated rings. The first-order valence-electron chi connectivity index (χ1n) is 7.87. The van der Waals surface area contributed by atoms with Crippen molar-refractivity contribution < 1.29 is 13.9 Å². The number of carbonyl (C=O) groups excluding carboxylic acids is 1. The van der Waals surface area contributed by atoms with E-state index in [-0.39, 0.29) is 24.9 Å². The molecule has 0 saturated carbocycles. The maximum atomic E-state index is 14.4. The average molecular weight is 372 g/mol. The minimum Gasteiger partial charge on any atom is -0.444 e. The number of alkyl halides is 1. The number of amides is 1. The Labute approximate surface area is 147 Å². The van der Waals surface area contributed by atoms with Gasteiger partial charge in [0.05, 0.1) is 12.7 Å². The van der Waals surface area contributed by atoms with Crippen molar-refractivity contribution in [2.75, 3.05) is 13.1 Å². The normalized spacial score (nSPS) is 21.1. The summed E-state index contributed by atoms with van der Waals surface area (Å²) in [4.78, 5) is 36.0. The van der Waals surface area contributed by atoms with Gasteiger partial charge in [0, 0.05) is 19.0 Å². The summed E-state index contributed by atoms with van der Waals surface area (Å²) in [5, 5.41) is -0.00106. The predicted octanol–water partition coefficient (Wildman–Crippen LogP) is 1.98. The molecule has 1 aliphatic rings. The van der Waals surface area contributed by atoms with E-state index in [1.165, 1.54) is 15.7 Å². The van der Waals surface area contributed by atoms with Crippen LogP contribution in [0.1, 0.15) is 20.8 Å². The number of fused-ring (bicyclic) bond motifs is 1. The first kappa shape index (κ1) is 17.7. The van der Waals surface area contributed by atoms with Gasteiger partial charge in [-0.25, -0.2) is 19.0 Å². The molecule has 0 aliphatic carbocycles. The molecule has 2 atom stereocenters. The van der Waals surface area contributed by atoms with Crippen LogP contribution in [0.3, 0.4) is 0 Å². The van der Waals surface area contributed by atoms with E-state index in [0.29, 0.717) is 11.2 Å². The third-order valence-electron chi connectivity index (χ3n) is 3.91. The fourth-order valence-electron chi connectivity index (χ4n) is 2.81. The second kappa shape index (κ2) is 6.29. The van der Waals surface area contributed by atoms with E-state index in [4.69, 9.17) is 16.3 Å². The van der Waals surface area contributed by atoms with Gasteiger partial charge in [-0.05, 0) is 32.4 Å². The van der Waals surface area contributed by atoms with Gasteiger partial charge in [-0.15, -0.1) is 0 Å². The number of aromatic amines is 1. The Hall–Kier alpha value is -2.16. The van der Waals surface area contributed by atoms with Gasteiger partial charge in [0.25, 0.3) is 0 Å². The number of hydrogen-bond acceptors (Lipinski definition) is 5. The molecule has 0 bridgehead atoms. The topological polar surface area (TPSA) is 93.1 Å². The number of aromatic nitrogens is 4. The number of likely N-dealkylation sites (tertiary alicyclic amines) is 1. The highest BCUT2D eigenvalue weighted by atomic mass is 35.5. The van der Waals surface area contributed by atoms with Gasteiger partial charge in [-0.2, -0.15) is 4.98 Å². The number of nitrogens with zero attached hydrogens (tertiary/aromatic N) is 4. The highest BCUT2D eigenvalue weighted by Crippen LogP contribution is 2.24. The minimum atomic E-state index is -1.26. The van der Waals surface area contributed by atoms with Crippen LogP contribution in [0.5, 0.6) is 0 Å². The number of H-pyrrole nitrogens is 1. The highest BCUT2D eigenvalue weighted by molar-refractivity contribution is 6.28. The van der Waals surface area contributed by atoms with Crippen molar-refractivity contribution >= 4 is 28.9 Å². The molecule has 0 radical (unpaired) electrons. The van der Waals surface area contributed by atoms with Crippen molar-refractivity contribution in [2.24, 2.45) is 5.92 Å². The number of imidazole rings is 1. The molecule has 1 saturated heterocycles. The maximum Gasteiger partial charge on any atom is 0.410 e. The number of nitrogens with one attached hydrogen (secondary N) is 1. The summed E-state index contributed by atoms with van der Waals surface area (Å²) < 4.78 is 21.0. The molecule has 1 N–H and O–H groups in total. The van der Waals surface area contributed by atoms with Crippen LogP contribution in [0, 0.1) is 5.92 Å². The smallest absolute Gasteiger partial charge is 0.410 e. The fraction of sp³-hybridized carbons (Fsp3) is 0.600. The molecule has 3 heterocycles. The summed E-state index contributed by atoms with van der Waals surface area (Å²) in [5.41, 5.74) is -0.336. The monoisotopic (exact) mass is 371 g/mol. The van der Waals surface area contributed by atoms with Crippen LogP contribution in [-0.2, 0) is 11.3 Å². The van der Waals surface area contributed by atoms with E-state index < -0.39 is 29.5 Å². The first-order valence-corrected chi connectivity index (χ1v) is 8.25. The standard InChI is InChI=1S/C15H19ClFN5O3/c1-15(2,3)25-14(24)21-5-8(9(17)7-21)6-22-11-10(19-13(22)23)4-18-12(16)20-11/h4,8-9H,5-7H2,1-3H3,(H,19,23)/t8-,9+/m0/s1. The van der Waals surface area contributed by atoms with Crippen molar-refractivity contribution in [1.82, 2.24) is 24.4 Å². The summed E-state index contributed by atoms with van der Waals surface area (Å²) in [6.45, 7) is 5.42. The molecule has 25 heavy (non-hydrogen) atoms. The summed E-state index contributed by atoms with van der Waals surface area (Å²) in [6, 6.07) is 0. The molecule has 0 aromatic carbocycles. The lowest BCUT2D eigenvalue weighted by Gasteiger charge is -2.24. The molecule has 1 aliphatic heterocycles. The Morgan fingerprint density at radius 3 is 2.88 bits per heavy atom. The van der Waals surface area contributed by atoms with Crippen LogP contribution in [0.15, 0.2) is 11.0 Å².